The molecule has 1 heterocycles. The van der Waals surface area contributed by atoms with Gasteiger partial charge in [-0.05, 0) is 39.2 Å². The van der Waals surface area contributed by atoms with Crippen LogP contribution in [0.15, 0.2) is 30.3 Å². The molecule has 0 aliphatic heterocycles. The highest BCUT2D eigenvalue weighted by molar-refractivity contribution is 5.73. The van der Waals surface area contributed by atoms with Crippen LogP contribution in [0.2, 0.25) is 0 Å². The summed E-state index contributed by atoms with van der Waals surface area (Å²) in [5, 5.41) is 2.95. The molecule has 2 N–H and O–H groups in total. The van der Waals surface area contributed by atoms with Crippen molar-refractivity contribution in [3.8, 4) is 0 Å². The number of amides is 1. The van der Waals surface area contributed by atoms with Gasteiger partial charge in [0.1, 0.15) is 11.4 Å². The summed E-state index contributed by atoms with van der Waals surface area (Å²) in [6.07, 6.45) is 2.08. The van der Waals surface area contributed by atoms with Gasteiger partial charge < -0.3 is 19.8 Å². The Labute approximate surface area is 171 Å². The van der Waals surface area contributed by atoms with Gasteiger partial charge in [-0.25, -0.2) is 9.78 Å². The number of fused-ring (bicyclic) bond motifs is 1. The number of aromatic nitrogens is 2. The third-order valence-electron chi connectivity index (χ3n) is 4.90. The molecule has 1 aromatic carbocycles. The van der Waals surface area contributed by atoms with E-state index in [2.05, 4.69) is 10.3 Å². The largest absolute Gasteiger partial charge is 0.469 e. The number of benzene rings is 1. The van der Waals surface area contributed by atoms with Crippen LogP contribution in [0.4, 0.5) is 4.79 Å². The summed E-state index contributed by atoms with van der Waals surface area (Å²) in [4.78, 5) is 32.4. The van der Waals surface area contributed by atoms with Crippen molar-refractivity contribution in [2.45, 2.75) is 58.1 Å². The van der Waals surface area contributed by atoms with Crippen molar-refractivity contribution in [3.05, 3.63) is 53.1 Å². The van der Waals surface area contributed by atoms with E-state index in [4.69, 9.17) is 14.5 Å². The average molecular weight is 399 g/mol. The van der Waals surface area contributed by atoms with Crippen molar-refractivity contribution in [2.24, 2.45) is 5.92 Å². The molecule has 1 aromatic heterocycles. The summed E-state index contributed by atoms with van der Waals surface area (Å²) < 4.78 is 10.3. The maximum atomic E-state index is 12.4. The molecule has 0 spiro atoms. The van der Waals surface area contributed by atoms with Gasteiger partial charge in [0.05, 0.1) is 24.8 Å². The van der Waals surface area contributed by atoms with Gasteiger partial charge in [0.2, 0.25) is 0 Å². The van der Waals surface area contributed by atoms with E-state index in [1.165, 1.54) is 7.11 Å². The van der Waals surface area contributed by atoms with Crippen LogP contribution in [0.1, 0.15) is 56.0 Å². The van der Waals surface area contributed by atoms with Crippen molar-refractivity contribution in [2.75, 3.05) is 7.11 Å². The zero-order valence-corrected chi connectivity index (χ0v) is 17.5. The second kappa shape index (κ2) is 8.68. The molecule has 0 fully saturated rings. The summed E-state index contributed by atoms with van der Waals surface area (Å²) in [5.41, 5.74) is 2.38. The second-order valence-electron chi connectivity index (χ2n) is 8.40. The molecule has 2 aromatic rings. The fourth-order valence-electron chi connectivity index (χ4n) is 3.55. The van der Waals surface area contributed by atoms with Crippen LogP contribution in [0.25, 0.3) is 0 Å². The molecule has 156 valence electrons. The SMILES string of the molecule is COC(=O)C1CCc2nc(C(Cc3ccccc3)NC(=O)OC(C)(C)C)[nH]c2C1. The molecule has 0 radical (unpaired) electrons. The van der Waals surface area contributed by atoms with E-state index in [0.717, 1.165) is 17.0 Å². The Kier molecular flexibility index (Phi) is 6.25. The lowest BCUT2D eigenvalue weighted by Gasteiger charge is -2.23. The van der Waals surface area contributed by atoms with Crippen LogP contribution in [0, 0.1) is 5.92 Å². The summed E-state index contributed by atoms with van der Waals surface area (Å²) in [5.74, 6) is 0.321. The molecule has 7 heteroatoms. The zero-order chi connectivity index (χ0) is 21.0. The second-order valence-corrected chi connectivity index (χ2v) is 8.40. The number of methoxy groups -OCH3 is 1. The number of carbonyl (C=O) groups excluding carboxylic acids is 2. The minimum atomic E-state index is -0.586. The normalized spacial score (nSPS) is 17.2. The highest BCUT2D eigenvalue weighted by Crippen LogP contribution is 2.27. The van der Waals surface area contributed by atoms with Crippen LogP contribution in [0.5, 0.6) is 0 Å². The molecule has 2 unspecified atom stereocenters. The standard InChI is InChI=1S/C22H29N3O4/c1-22(2,3)29-21(27)25-18(12-14-8-6-5-7-9-14)19-23-16-11-10-15(20(26)28-4)13-17(16)24-19/h5-9,15,18H,10-13H2,1-4H3,(H,23,24)(H,25,27). The van der Waals surface area contributed by atoms with Gasteiger partial charge in [-0.1, -0.05) is 30.3 Å². The molecule has 29 heavy (non-hydrogen) atoms. The number of hydrogen-bond donors (Lipinski definition) is 2. The maximum absolute atomic E-state index is 12.4. The number of alkyl carbamates (subject to hydrolysis) is 1. The fraction of sp³-hybridized carbons (Fsp3) is 0.500. The van der Waals surface area contributed by atoms with E-state index in [1.807, 2.05) is 51.1 Å². The van der Waals surface area contributed by atoms with Crippen molar-refractivity contribution >= 4 is 12.1 Å². The highest BCUT2D eigenvalue weighted by atomic mass is 16.6. The van der Waals surface area contributed by atoms with Crippen LogP contribution in [-0.4, -0.2) is 34.7 Å². The minimum absolute atomic E-state index is 0.160. The lowest BCUT2D eigenvalue weighted by atomic mass is 9.90. The fourth-order valence-corrected chi connectivity index (χ4v) is 3.55. The Balaban J connectivity index is 1.81. The predicted octanol–water partition coefficient (Wildman–Crippen LogP) is 3.50. The van der Waals surface area contributed by atoms with Gasteiger partial charge in [0.15, 0.2) is 0 Å². The Morgan fingerprint density at radius 1 is 1.28 bits per heavy atom. The zero-order valence-electron chi connectivity index (χ0n) is 17.5. The topological polar surface area (TPSA) is 93.3 Å². The van der Waals surface area contributed by atoms with E-state index in [0.29, 0.717) is 31.5 Å². The molecule has 1 aliphatic rings. The van der Waals surface area contributed by atoms with Crippen molar-refractivity contribution < 1.29 is 19.1 Å². The number of nitrogens with one attached hydrogen (secondary N) is 2. The van der Waals surface area contributed by atoms with E-state index in [1.54, 1.807) is 0 Å². The van der Waals surface area contributed by atoms with E-state index < -0.39 is 11.7 Å². The van der Waals surface area contributed by atoms with Gasteiger partial charge >= 0.3 is 12.1 Å². The summed E-state index contributed by atoms with van der Waals surface area (Å²) in [7, 11) is 1.41. The van der Waals surface area contributed by atoms with Crippen molar-refractivity contribution in [3.63, 3.8) is 0 Å². The Morgan fingerprint density at radius 2 is 2.00 bits per heavy atom. The number of nitrogens with zero attached hydrogens (tertiary/aromatic N) is 1. The van der Waals surface area contributed by atoms with Gasteiger partial charge in [-0.15, -0.1) is 0 Å². The molecule has 3 rings (SSSR count). The molecule has 1 aliphatic carbocycles. The third kappa shape index (κ3) is 5.59. The highest BCUT2D eigenvalue weighted by Gasteiger charge is 2.30. The maximum Gasteiger partial charge on any atom is 0.408 e. The number of rotatable bonds is 5. The first-order valence-corrected chi connectivity index (χ1v) is 9.94. The Hall–Kier alpha value is -2.83. The quantitative estimate of drug-likeness (QED) is 0.751. The first kappa shape index (κ1) is 20.9. The first-order valence-electron chi connectivity index (χ1n) is 9.94. The first-order chi connectivity index (χ1) is 13.7. The molecule has 1 amide bonds. The van der Waals surface area contributed by atoms with E-state index in [-0.39, 0.29) is 17.9 Å². The Bertz CT molecular complexity index is 855. The molecular formula is C22H29N3O4. The van der Waals surface area contributed by atoms with Crippen molar-refractivity contribution in [1.82, 2.24) is 15.3 Å². The number of carbonyl (C=O) groups is 2. The lowest BCUT2D eigenvalue weighted by molar-refractivity contribution is -0.145. The predicted molar refractivity (Wildman–Crippen MR) is 108 cm³/mol. The summed E-state index contributed by atoms with van der Waals surface area (Å²) >= 11 is 0. The Morgan fingerprint density at radius 3 is 2.66 bits per heavy atom. The van der Waals surface area contributed by atoms with Gasteiger partial charge in [-0.2, -0.15) is 0 Å². The monoisotopic (exact) mass is 399 g/mol. The molecule has 0 bridgehead atoms. The molecule has 2 atom stereocenters. The number of esters is 1. The van der Waals surface area contributed by atoms with Gasteiger partial charge in [0, 0.05) is 18.5 Å². The van der Waals surface area contributed by atoms with Crippen LogP contribution in [-0.2, 0) is 33.5 Å². The summed E-state index contributed by atoms with van der Waals surface area (Å²) in [6.45, 7) is 5.49. The summed E-state index contributed by atoms with van der Waals surface area (Å²) in [6, 6.07) is 9.55. The molecule has 7 nitrogen and oxygen atoms in total. The number of H-pyrrole nitrogens is 1. The smallest absolute Gasteiger partial charge is 0.408 e. The molecule has 0 saturated carbocycles. The van der Waals surface area contributed by atoms with E-state index >= 15 is 0 Å². The van der Waals surface area contributed by atoms with Gasteiger partial charge in [-0.3, -0.25) is 4.79 Å². The van der Waals surface area contributed by atoms with E-state index in [9.17, 15) is 9.59 Å². The molecule has 0 saturated heterocycles. The number of imidazole rings is 1. The number of hydrogen-bond acceptors (Lipinski definition) is 5. The molecular weight excluding hydrogens is 370 g/mol. The van der Waals surface area contributed by atoms with Gasteiger partial charge in [0.25, 0.3) is 0 Å². The van der Waals surface area contributed by atoms with Crippen molar-refractivity contribution in [1.29, 1.82) is 0 Å². The van der Waals surface area contributed by atoms with Crippen LogP contribution >= 0.6 is 0 Å². The third-order valence-corrected chi connectivity index (χ3v) is 4.90. The lowest BCUT2D eigenvalue weighted by Crippen LogP contribution is -2.36. The number of aryl methyl sites for hydroxylation is 1. The number of aromatic amines is 1. The minimum Gasteiger partial charge on any atom is -0.469 e. The number of ether oxygens (including phenoxy) is 2. The average Bonchev–Trinajstić information content (AvgIpc) is 3.09. The van der Waals surface area contributed by atoms with Crippen LogP contribution < -0.4 is 5.32 Å². The van der Waals surface area contributed by atoms with Crippen LogP contribution in [0.3, 0.4) is 0 Å².